The van der Waals surface area contributed by atoms with Gasteiger partial charge in [-0.2, -0.15) is 20.8 Å². The Morgan fingerprint density at radius 2 is 0.929 bits per heavy atom. The van der Waals surface area contributed by atoms with E-state index in [1.54, 1.807) is 20.8 Å². The van der Waals surface area contributed by atoms with Crippen LogP contribution >= 0.6 is 0 Å². The Balaban J connectivity index is -0.0000000175. The van der Waals surface area contributed by atoms with Crippen molar-refractivity contribution in [2.45, 2.75) is 47.1 Å². The third-order valence-corrected chi connectivity index (χ3v) is 2.46. The van der Waals surface area contributed by atoms with Crippen LogP contribution in [0.25, 0.3) is 6.15 Å². The molecule has 14 heavy (non-hydrogen) atoms. The van der Waals surface area contributed by atoms with Gasteiger partial charge in [0.05, 0.1) is 0 Å². The van der Waals surface area contributed by atoms with Crippen molar-refractivity contribution in [2.24, 2.45) is 3.34 Å². The quantitative estimate of drug-likeness (QED) is 0.526. The molecule has 0 aromatic carbocycles. The van der Waals surface area contributed by atoms with Gasteiger partial charge in [-0.15, -0.1) is 0 Å². The maximum atomic E-state index is 4.13. The minimum Gasteiger partial charge on any atom is -0.693 e. The number of nitrogens with two attached hydrogens (primary N) is 1. The average Bonchev–Trinajstić information content (AvgIpc) is 2.14. The summed E-state index contributed by atoms with van der Waals surface area (Å²) in [6, 6.07) is 0. The smallest absolute Gasteiger partial charge is 0.194 e. The molecule has 2 N–H and O–H groups in total. The Morgan fingerprint density at radius 1 is 0.857 bits per heavy atom. The van der Waals surface area contributed by atoms with Crippen molar-refractivity contribution in [3.05, 3.63) is 34.3 Å². The summed E-state index contributed by atoms with van der Waals surface area (Å²) in [4.78, 5) is 0. The van der Waals surface area contributed by atoms with Crippen LogP contribution in [0.5, 0.6) is 0 Å². The standard InChI is InChI=1S/C4H9N.3C2H5.CH3.H2N.Ta/c1-4(2,3)5;3*1-2;;;/h1-3H3;3*1H2,2H3;1H3;1H2;/q;5*-1;. The zero-order valence-corrected chi connectivity index (χ0v) is 14.3. The van der Waals surface area contributed by atoms with E-state index in [1.165, 1.54) is 0 Å². The minimum atomic E-state index is 0. The summed E-state index contributed by atoms with van der Waals surface area (Å²) in [5.41, 5.74) is 0.216. The van der Waals surface area contributed by atoms with E-state index in [9.17, 15) is 0 Å². The van der Waals surface area contributed by atoms with Gasteiger partial charge in [-0.05, 0) is 0 Å². The molecule has 0 aliphatic heterocycles. The monoisotopic (exact) mass is 370 g/mol. The Hall–Kier alpha value is 0.500. The van der Waals surface area contributed by atoms with Crippen molar-refractivity contribution in [3.8, 4) is 0 Å². The predicted molar refractivity (Wildman–Crippen MR) is 67.0 cm³/mol. The molecule has 0 aromatic heterocycles. The van der Waals surface area contributed by atoms with Crippen LogP contribution in [0.1, 0.15) is 41.5 Å². The summed E-state index contributed by atoms with van der Waals surface area (Å²) in [6.07, 6.45) is 0. The maximum absolute atomic E-state index is 4.13. The fourth-order valence-electron chi connectivity index (χ4n) is 0. The van der Waals surface area contributed by atoms with E-state index < -0.39 is 0 Å². The van der Waals surface area contributed by atoms with E-state index in [4.69, 9.17) is 0 Å². The van der Waals surface area contributed by atoms with E-state index in [0.29, 0.717) is 0 Å². The van der Waals surface area contributed by atoms with Crippen molar-refractivity contribution in [3.63, 3.8) is 0 Å². The first kappa shape index (κ1) is 36.6. The minimum absolute atomic E-state index is 0. The van der Waals surface area contributed by atoms with Gasteiger partial charge in [-0.25, -0.2) is 0 Å². The molecule has 0 rings (SSSR count). The van der Waals surface area contributed by atoms with Crippen LogP contribution < -0.4 is 0 Å². The number of nitrogens with zero attached hydrogens (tertiary/aromatic N) is 1. The van der Waals surface area contributed by atoms with Crippen LogP contribution in [-0.4, -0.2) is 5.54 Å². The molecule has 0 unspecified atom stereocenters. The first-order valence-corrected chi connectivity index (χ1v) is 5.48. The van der Waals surface area contributed by atoms with Gasteiger partial charge in [-0.3, -0.25) is 0 Å². The second kappa shape index (κ2) is 37.5. The van der Waals surface area contributed by atoms with Crippen molar-refractivity contribution in [1.82, 2.24) is 0 Å². The number of hydrogen-bond acceptors (Lipinski definition) is 1. The van der Waals surface area contributed by atoms with E-state index in [0.717, 1.165) is 20.9 Å². The van der Waals surface area contributed by atoms with Gasteiger partial charge >= 0.3 is 50.5 Å². The van der Waals surface area contributed by atoms with Crippen molar-refractivity contribution >= 4 is 0 Å². The Morgan fingerprint density at radius 3 is 0.929 bits per heavy atom. The van der Waals surface area contributed by atoms with Crippen molar-refractivity contribution < 1.29 is 20.9 Å². The summed E-state index contributed by atoms with van der Waals surface area (Å²) in [5, 5.41) is 0. The van der Waals surface area contributed by atoms with E-state index in [-0.39, 0.29) is 19.1 Å². The molecule has 93 valence electrons. The third kappa shape index (κ3) is 135. The van der Waals surface area contributed by atoms with Gasteiger partial charge in [0.2, 0.25) is 0 Å². The first-order valence-electron chi connectivity index (χ1n) is 4.04. The molecule has 0 aliphatic rings. The first-order chi connectivity index (χ1) is 5.56. The van der Waals surface area contributed by atoms with Crippen LogP contribution in [0.15, 0.2) is 3.34 Å². The zero-order valence-electron chi connectivity index (χ0n) is 11.1. The fourth-order valence-corrected chi connectivity index (χ4v) is 0. The molecule has 0 atom stereocenters. The second-order valence-electron chi connectivity index (χ2n) is 2.27. The third-order valence-electron chi connectivity index (χ3n) is 0.300. The SMILES string of the molecule is CC(C)(C)[N]=[Ta].[CH2-]C.[CH2-]C.[CH2-]C.[CH3-].[NH2-]. The molecular weight excluding hydrogens is 341 g/mol. The van der Waals surface area contributed by atoms with Crippen molar-refractivity contribution in [2.75, 3.05) is 0 Å². The van der Waals surface area contributed by atoms with Gasteiger partial charge in [0.25, 0.3) is 0 Å². The zero-order chi connectivity index (χ0) is 11.2. The van der Waals surface area contributed by atoms with E-state index in [1.807, 2.05) is 0 Å². The number of rotatable bonds is 0. The largest absolute Gasteiger partial charge is 0.693 e. The molecule has 0 aromatic rings. The van der Waals surface area contributed by atoms with E-state index >= 15 is 0 Å². The van der Waals surface area contributed by atoms with Gasteiger partial charge in [0, 0.05) is 0 Å². The Kier molecular flexibility index (Phi) is 98.0. The van der Waals surface area contributed by atoms with Crippen LogP contribution in [0.2, 0.25) is 0 Å². The molecule has 0 saturated heterocycles. The maximum Gasteiger partial charge on any atom is -0.194 e. The van der Waals surface area contributed by atoms with Gasteiger partial charge in [0.1, 0.15) is 0 Å². The number of hydrogen-bond donors (Lipinski definition) is 0. The van der Waals surface area contributed by atoms with Crippen LogP contribution in [0.3, 0.4) is 0 Å². The summed E-state index contributed by atoms with van der Waals surface area (Å²) in [6.45, 7) is 21.3. The molecule has 2 nitrogen and oxygen atoms in total. The molecule has 0 spiro atoms. The van der Waals surface area contributed by atoms with E-state index in [2.05, 4.69) is 44.9 Å². The molecule has 0 fully saturated rings. The molecule has 0 radical (unpaired) electrons. The average molecular weight is 370 g/mol. The van der Waals surface area contributed by atoms with Gasteiger partial charge in [0.15, 0.2) is 0 Å². The molecule has 0 saturated carbocycles. The van der Waals surface area contributed by atoms with Gasteiger partial charge in [-0.1, -0.05) is 0 Å². The summed E-state index contributed by atoms with van der Waals surface area (Å²) < 4.78 is 4.13. The van der Waals surface area contributed by atoms with Crippen LogP contribution in [0, 0.1) is 28.2 Å². The van der Waals surface area contributed by atoms with Crippen molar-refractivity contribution in [1.29, 1.82) is 0 Å². The second-order valence-corrected chi connectivity index (χ2v) is 2.99. The van der Waals surface area contributed by atoms with Crippen LogP contribution in [-0.2, 0) is 20.9 Å². The molecule has 0 bridgehead atoms. The summed E-state index contributed by atoms with van der Waals surface area (Å²) in [7, 11) is 0. The topological polar surface area (TPSA) is 45.9 Å². The molecule has 0 aliphatic carbocycles. The predicted octanol–water partition coefficient (Wildman–Crippen LogP) is 5.20. The summed E-state index contributed by atoms with van der Waals surface area (Å²) in [5.74, 6) is 0. The molecule has 3 heteroatoms. The van der Waals surface area contributed by atoms with Gasteiger partial charge < -0.3 is 34.3 Å². The summed E-state index contributed by atoms with van der Waals surface area (Å²) >= 11 is 1.15. The molecule has 0 amide bonds. The van der Waals surface area contributed by atoms with Crippen LogP contribution in [0.4, 0.5) is 0 Å². The normalized spacial score (nSPS) is 6.00. The molecule has 0 heterocycles. The Bertz CT molecular complexity index is 58.8. The Labute approximate surface area is 106 Å². The molecular formula is C11H29N2Ta-5. The fraction of sp³-hybridized carbons (Fsp3) is 0.636.